The Morgan fingerprint density at radius 3 is 2.76 bits per heavy atom. The van der Waals surface area contributed by atoms with Gasteiger partial charge in [0.2, 0.25) is 11.8 Å². The first-order valence-electron chi connectivity index (χ1n) is 9.24. The first-order valence-corrected chi connectivity index (χ1v) is 9.24. The van der Waals surface area contributed by atoms with Crippen LogP contribution in [0, 0.1) is 0 Å². The summed E-state index contributed by atoms with van der Waals surface area (Å²) >= 11 is 0. The molecule has 4 rings (SSSR count). The molecule has 2 fully saturated rings. The topological polar surface area (TPSA) is 76.0 Å². The molecule has 6 heteroatoms. The molecule has 25 heavy (non-hydrogen) atoms. The van der Waals surface area contributed by atoms with Gasteiger partial charge in [0.25, 0.3) is 0 Å². The summed E-state index contributed by atoms with van der Waals surface area (Å²) in [4.78, 5) is 29.1. The number of aromatic nitrogens is 2. The standard InChI is InChI=1S/C19H24N4O2/c24-17(21-15-10-11-20-19(15)25)12-23-16-9-5-4-8-14(16)22-18(23)13-6-2-1-3-7-13/h4-5,8-9,13,15H,1-3,6-7,10-12H2,(H,20,25)(H,21,24)/t15-/m0/s1. The molecule has 0 radical (unpaired) electrons. The van der Waals surface area contributed by atoms with Crippen LogP contribution in [-0.2, 0) is 16.1 Å². The SMILES string of the molecule is O=C(Cn1c(C2CCCCC2)nc2ccccc21)N[C@H]1CCNC1=O. The molecule has 2 amide bonds. The Morgan fingerprint density at radius 1 is 1.20 bits per heavy atom. The second kappa shape index (κ2) is 6.86. The van der Waals surface area contributed by atoms with E-state index in [1.54, 1.807) is 0 Å². The van der Waals surface area contributed by atoms with Crippen molar-refractivity contribution in [3.05, 3.63) is 30.1 Å². The number of carbonyl (C=O) groups is 2. The van der Waals surface area contributed by atoms with Gasteiger partial charge in [-0.25, -0.2) is 4.98 Å². The van der Waals surface area contributed by atoms with Gasteiger partial charge in [0, 0.05) is 12.5 Å². The second-order valence-corrected chi connectivity index (χ2v) is 7.08. The number of imidazole rings is 1. The van der Waals surface area contributed by atoms with Gasteiger partial charge in [-0.3, -0.25) is 9.59 Å². The van der Waals surface area contributed by atoms with E-state index in [-0.39, 0.29) is 18.4 Å². The van der Waals surface area contributed by atoms with Gasteiger partial charge < -0.3 is 15.2 Å². The minimum atomic E-state index is -0.402. The highest BCUT2D eigenvalue weighted by Crippen LogP contribution is 2.33. The van der Waals surface area contributed by atoms with E-state index in [1.807, 2.05) is 28.8 Å². The first kappa shape index (κ1) is 16.1. The molecule has 2 heterocycles. The number of fused-ring (bicyclic) bond motifs is 1. The molecule has 1 aliphatic carbocycles. The predicted octanol–water partition coefficient (Wildman–Crippen LogP) is 2.09. The van der Waals surface area contributed by atoms with Crippen molar-refractivity contribution in [3.63, 3.8) is 0 Å². The number of nitrogens with one attached hydrogen (secondary N) is 2. The average molecular weight is 340 g/mol. The molecular weight excluding hydrogens is 316 g/mol. The lowest BCUT2D eigenvalue weighted by Crippen LogP contribution is -2.41. The van der Waals surface area contributed by atoms with Gasteiger partial charge in [-0.2, -0.15) is 0 Å². The molecule has 2 aromatic rings. The van der Waals surface area contributed by atoms with Crippen LogP contribution in [0.2, 0.25) is 0 Å². The minimum absolute atomic E-state index is 0.0867. The third-order valence-electron chi connectivity index (χ3n) is 5.34. The molecule has 6 nitrogen and oxygen atoms in total. The number of benzene rings is 1. The van der Waals surface area contributed by atoms with E-state index >= 15 is 0 Å². The smallest absolute Gasteiger partial charge is 0.242 e. The van der Waals surface area contributed by atoms with Crippen molar-refractivity contribution < 1.29 is 9.59 Å². The highest BCUT2D eigenvalue weighted by molar-refractivity contribution is 5.89. The summed E-state index contributed by atoms with van der Waals surface area (Å²) in [5.74, 6) is 1.23. The van der Waals surface area contributed by atoms with Gasteiger partial charge in [-0.15, -0.1) is 0 Å². The molecule has 1 aromatic heterocycles. The number of nitrogens with zero attached hydrogens (tertiary/aromatic N) is 2. The average Bonchev–Trinajstić information content (AvgIpc) is 3.20. The molecule has 1 saturated heterocycles. The maximum Gasteiger partial charge on any atom is 0.242 e. The molecule has 0 spiro atoms. The fraction of sp³-hybridized carbons (Fsp3) is 0.526. The molecular formula is C19H24N4O2. The Balaban J connectivity index is 1.60. The molecule has 1 saturated carbocycles. The summed E-state index contributed by atoms with van der Waals surface area (Å²) in [6.45, 7) is 0.848. The lowest BCUT2D eigenvalue weighted by molar-refractivity contribution is -0.127. The molecule has 2 aliphatic rings. The summed E-state index contributed by atoms with van der Waals surface area (Å²) in [6, 6.07) is 7.58. The minimum Gasteiger partial charge on any atom is -0.354 e. The van der Waals surface area contributed by atoms with E-state index in [4.69, 9.17) is 4.98 Å². The summed E-state index contributed by atoms with van der Waals surface area (Å²) in [7, 11) is 0. The van der Waals surface area contributed by atoms with Crippen LogP contribution in [0.4, 0.5) is 0 Å². The predicted molar refractivity (Wildman–Crippen MR) is 95.1 cm³/mol. The largest absolute Gasteiger partial charge is 0.354 e. The van der Waals surface area contributed by atoms with E-state index in [1.165, 1.54) is 19.3 Å². The fourth-order valence-electron chi connectivity index (χ4n) is 4.05. The summed E-state index contributed by atoms with van der Waals surface area (Å²) in [5.41, 5.74) is 1.93. The van der Waals surface area contributed by atoms with Gasteiger partial charge in [0.1, 0.15) is 18.4 Å². The molecule has 132 valence electrons. The van der Waals surface area contributed by atoms with Gasteiger partial charge in [0.15, 0.2) is 0 Å². The van der Waals surface area contributed by atoms with Gasteiger partial charge in [0.05, 0.1) is 11.0 Å². The highest BCUT2D eigenvalue weighted by atomic mass is 16.2. The van der Waals surface area contributed by atoms with Crippen molar-refractivity contribution in [1.82, 2.24) is 20.2 Å². The lowest BCUT2D eigenvalue weighted by Gasteiger charge is -2.22. The van der Waals surface area contributed by atoms with Crippen LogP contribution in [0.15, 0.2) is 24.3 Å². The Hall–Kier alpha value is -2.37. The molecule has 2 N–H and O–H groups in total. The third-order valence-corrected chi connectivity index (χ3v) is 5.34. The molecule has 1 aromatic carbocycles. The lowest BCUT2D eigenvalue weighted by atomic mass is 9.88. The zero-order chi connectivity index (χ0) is 17.2. The van der Waals surface area contributed by atoms with E-state index in [0.717, 1.165) is 29.7 Å². The summed E-state index contributed by atoms with van der Waals surface area (Å²) in [5, 5.41) is 5.62. The summed E-state index contributed by atoms with van der Waals surface area (Å²) in [6.07, 6.45) is 6.66. The van der Waals surface area contributed by atoms with Crippen LogP contribution < -0.4 is 10.6 Å². The molecule has 0 unspecified atom stereocenters. The van der Waals surface area contributed by atoms with Crippen LogP contribution in [0.25, 0.3) is 11.0 Å². The zero-order valence-corrected chi connectivity index (χ0v) is 14.3. The number of para-hydroxylation sites is 2. The fourth-order valence-corrected chi connectivity index (χ4v) is 4.05. The quantitative estimate of drug-likeness (QED) is 0.895. The monoisotopic (exact) mass is 340 g/mol. The zero-order valence-electron chi connectivity index (χ0n) is 14.3. The van der Waals surface area contributed by atoms with Crippen LogP contribution >= 0.6 is 0 Å². The Bertz CT molecular complexity index is 792. The van der Waals surface area contributed by atoms with Crippen LogP contribution in [0.5, 0.6) is 0 Å². The van der Waals surface area contributed by atoms with Gasteiger partial charge in [-0.05, 0) is 31.4 Å². The molecule has 1 atom stereocenters. The van der Waals surface area contributed by atoms with Crippen molar-refractivity contribution in [3.8, 4) is 0 Å². The maximum atomic E-state index is 12.6. The Kier molecular flexibility index (Phi) is 4.42. The van der Waals surface area contributed by atoms with Crippen LogP contribution in [-0.4, -0.2) is 34.0 Å². The van der Waals surface area contributed by atoms with E-state index in [9.17, 15) is 9.59 Å². The van der Waals surface area contributed by atoms with Crippen LogP contribution in [0.1, 0.15) is 50.3 Å². The van der Waals surface area contributed by atoms with Crippen molar-refractivity contribution in [1.29, 1.82) is 0 Å². The molecule has 1 aliphatic heterocycles. The van der Waals surface area contributed by atoms with Crippen LogP contribution in [0.3, 0.4) is 0 Å². The number of hydrogen-bond acceptors (Lipinski definition) is 3. The first-order chi connectivity index (χ1) is 12.2. The summed E-state index contributed by atoms with van der Waals surface area (Å²) < 4.78 is 2.05. The van der Waals surface area contributed by atoms with Crippen molar-refractivity contribution in [2.75, 3.05) is 6.54 Å². The van der Waals surface area contributed by atoms with E-state index in [2.05, 4.69) is 10.6 Å². The van der Waals surface area contributed by atoms with Gasteiger partial charge in [-0.1, -0.05) is 31.4 Å². The van der Waals surface area contributed by atoms with Crippen molar-refractivity contribution >= 4 is 22.8 Å². The van der Waals surface area contributed by atoms with Gasteiger partial charge >= 0.3 is 0 Å². The number of amides is 2. The second-order valence-electron chi connectivity index (χ2n) is 7.08. The normalized spacial score (nSPS) is 21.4. The Labute approximate surface area is 147 Å². The highest BCUT2D eigenvalue weighted by Gasteiger charge is 2.27. The molecule has 0 bridgehead atoms. The number of hydrogen-bond donors (Lipinski definition) is 2. The number of carbonyl (C=O) groups excluding carboxylic acids is 2. The van der Waals surface area contributed by atoms with E-state index in [0.29, 0.717) is 18.9 Å². The third kappa shape index (κ3) is 3.25. The van der Waals surface area contributed by atoms with Crippen molar-refractivity contribution in [2.24, 2.45) is 0 Å². The van der Waals surface area contributed by atoms with E-state index < -0.39 is 6.04 Å². The number of rotatable bonds is 4. The maximum absolute atomic E-state index is 12.6. The van der Waals surface area contributed by atoms with Crippen molar-refractivity contribution in [2.45, 2.75) is 57.0 Å². The Morgan fingerprint density at radius 2 is 2.00 bits per heavy atom.